The molecule has 0 saturated heterocycles. The van der Waals surface area contributed by atoms with Crippen LogP contribution in [0.3, 0.4) is 0 Å². The number of nitro groups is 1. The van der Waals surface area contributed by atoms with Crippen molar-refractivity contribution < 1.29 is 9.66 Å². The van der Waals surface area contributed by atoms with Crippen LogP contribution in [0.4, 0.5) is 17.2 Å². The summed E-state index contributed by atoms with van der Waals surface area (Å²) in [7, 11) is 0. The minimum absolute atomic E-state index is 0.0827. The third kappa shape index (κ3) is 4.16. The average molecular weight is 352 g/mol. The maximum absolute atomic E-state index is 11.0. The van der Waals surface area contributed by atoms with Crippen LogP contribution in [-0.4, -0.2) is 16.0 Å². The van der Waals surface area contributed by atoms with E-state index in [1.807, 2.05) is 13.8 Å². The second kappa shape index (κ2) is 6.53. The highest BCUT2D eigenvalue weighted by Gasteiger charge is 2.15. The van der Waals surface area contributed by atoms with Crippen molar-refractivity contribution in [2.45, 2.75) is 20.0 Å². The van der Waals surface area contributed by atoms with Crippen molar-refractivity contribution in [1.82, 2.24) is 4.98 Å². The van der Waals surface area contributed by atoms with Crippen LogP contribution in [0.5, 0.6) is 5.75 Å². The zero-order valence-corrected chi connectivity index (χ0v) is 13.1. The van der Waals surface area contributed by atoms with Gasteiger partial charge in [0.05, 0.1) is 11.0 Å². The summed E-state index contributed by atoms with van der Waals surface area (Å²) in [5.74, 6) is 0.930. The number of rotatable bonds is 5. The average Bonchev–Trinajstić information content (AvgIpc) is 2.40. The molecule has 0 radical (unpaired) electrons. The number of aromatic nitrogens is 1. The summed E-state index contributed by atoms with van der Waals surface area (Å²) in [5.41, 5.74) is 0.612. The molecule has 6 nitrogen and oxygen atoms in total. The number of pyridine rings is 1. The fourth-order valence-corrected chi connectivity index (χ4v) is 2.00. The third-order valence-corrected chi connectivity index (χ3v) is 2.97. The van der Waals surface area contributed by atoms with Gasteiger partial charge in [0.2, 0.25) is 5.82 Å². The van der Waals surface area contributed by atoms with E-state index in [1.54, 1.807) is 24.3 Å². The molecule has 0 spiro atoms. The number of hydrogen-bond donors (Lipinski definition) is 1. The molecule has 0 aliphatic rings. The van der Waals surface area contributed by atoms with E-state index in [-0.39, 0.29) is 17.6 Å². The molecular weight excluding hydrogens is 338 g/mol. The van der Waals surface area contributed by atoms with Gasteiger partial charge in [-0.05, 0) is 60.1 Å². The number of benzene rings is 1. The molecule has 1 heterocycles. The van der Waals surface area contributed by atoms with Crippen LogP contribution in [0.15, 0.2) is 41.0 Å². The zero-order chi connectivity index (χ0) is 15.4. The van der Waals surface area contributed by atoms with Crippen LogP contribution in [0.2, 0.25) is 0 Å². The van der Waals surface area contributed by atoms with E-state index >= 15 is 0 Å². The lowest BCUT2D eigenvalue weighted by atomic mass is 10.3. The van der Waals surface area contributed by atoms with Gasteiger partial charge in [-0.1, -0.05) is 0 Å². The molecule has 21 heavy (non-hydrogen) atoms. The summed E-state index contributed by atoms with van der Waals surface area (Å²) < 4.78 is 6.06. The van der Waals surface area contributed by atoms with Crippen molar-refractivity contribution in [3.8, 4) is 5.75 Å². The monoisotopic (exact) mass is 351 g/mol. The van der Waals surface area contributed by atoms with Crippen LogP contribution >= 0.6 is 15.9 Å². The lowest BCUT2D eigenvalue weighted by Gasteiger charge is -2.11. The Morgan fingerprint density at radius 1 is 1.24 bits per heavy atom. The summed E-state index contributed by atoms with van der Waals surface area (Å²) in [6.07, 6.45) is 0.0941. The zero-order valence-electron chi connectivity index (χ0n) is 11.5. The molecule has 0 unspecified atom stereocenters. The normalized spacial score (nSPS) is 10.5. The van der Waals surface area contributed by atoms with Gasteiger partial charge in [-0.25, -0.2) is 4.98 Å². The van der Waals surface area contributed by atoms with E-state index in [9.17, 15) is 10.1 Å². The largest absolute Gasteiger partial charge is 0.491 e. The molecule has 1 aromatic carbocycles. The number of ether oxygens (including phenoxy) is 1. The van der Waals surface area contributed by atoms with Crippen LogP contribution in [0, 0.1) is 10.1 Å². The van der Waals surface area contributed by atoms with Gasteiger partial charge in [0, 0.05) is 11.8 Å². The van der Waals surface area contributed by atoms with Gasteiger partial charge in [-0.15, -0.1) is 0 Å². The first-order valence-electron chi connectivity index (χ1n) is 6.30. The van der Waals surface area contributed by atoms with Gasteiger partial charge in [0.15, 0.2) is 0 Å². The molecule has 0 bridgehead atoms. The Morgan fingerprint density at radius 2 is 1.90 bits per heavy atom. The van der Waals surface area contributed by atoms with Gasteiger partial charge in [0.1, 0.15) is 10.4 Å². The Hall–Kier alpha value is -2.15. The number of anilines is 2. The Bertz CT molecular complexity index is 644. The highest BCUT2D eigenvalue weighted by molar-refractivity contribution is 9.10. The fraction of sp³-hybridized carbons (Fsp3) is 0.214. The molecule has 2 rings (SSSR count). The predicted molar refractivity (Wildman–Crippen MR) is 84.1 cm³/mol. The molecule has 1 aromatic heterocycles. The maximum atomic E-state index is 11.0. The van der Waals surface area contributed by atoms with Crippen molar-refractivity contribution in [3.05, 3.63) is 51.1 Å². The van der Waals surface area contributed by atoms with Crippen molar-refractivity contribution in [1.29, 1.82) is 0 Å². The summed E-state index contributed by atoms with van der Waals surface area (Å²) in [5, 5.41) is 13.9. The SMILES string of the molecule is CC(C)Oc1ccc(Nc2nc(Br)ccc2[N+](=O)[O-])cc1. The van der Waals surface area contributed by atoms with Crippen LogP contribution in [0.25, 0.3) is 0 Å². The second-order valence-electron chi connectivity index (χ2n) is 4.57. The van der Waals surface area contributed by atoms with Crippen LogP contribution < -0.4 is 10.1 Å². The summed E-state index contributed by atoms with van der Waals surface area (Å²) in [6.45, 7) is 3.89. The fourth-order valence-electron chi connectivity index (χ4n) is 1.69. The van der Waals surface area contributed by atoms with E-state index in [2.05, 4.69) is 26.2 Å². The molecule has 0 saturated carbocycles. The molecule has 0 aliphatic heterocycles. The smallest absolute Gasteiger partial charge is 0.311 e. The first kappa shape index (κ1) is 15.2. The number of hydrogen-bond acceptors (Lipinski definition) is 5. The quantitative estimate of drug-likeness (QED) is 0.494. The first-order chi connectivity index (χ1) is 9.95. The predicted octanol–water partition coefficient (Wildman–Crippen LogP) is 4.28. The van der Waals surface area contributed by atoms with Gasteiger partial charge >= 0.3 is 5.69 Å². The number of nitrogens with one attached hydrogen (secondary N) is 1. The Labute approximate surface area is 130 Å². The van der Waals surface area contributed by atoms with E-state index in [0.717, 1.165) is 5.75 Å². The van der Waals surface area contributed by atoms with Crippen molar-refractivity contribution in [3.63, 3.8) is 0 Å². The summed E-state index contributed by atoms with van der Waals surface area (Å²) in [4.78, 5) is 14.6. The molecule has 0 atom stereocenters. The molecule has 1 N–H and O–H groups in total. The standard InChI is InChI=1S/C14H14BrN3O3/c1-9(2)21-11-5-3-10(4-6-11)16-14-12(18(19)20)7-8-13(15)17-14/h3-9H,1-2H3,(H,16,17). The Balaban J connectivity index is 2.22. The highest BCUT2D eigenvalue weighted by atomic mass is 79.9. The summed E-state index contributed by atoms with van der Waals surface area (Å²) in [6, 6.07) is 10.1. The minimum Gasteiger partial charge on any atom is -0.491 e. The Kier molecular flexibility index (Phi) is 4.74. The lowest BCUT2D eigenvalue weighted by Crippen LogP contribution is -2.05. The van der Waals surface area contributed by atoms with E-state index < -0.39 is 4.92 Å². The number of nitrogens with zero attached hydrogens (tertiary/aromatic N) is 2. The third-order valence-electron chi connectivity index (χ3n) is 2.53. The van der Waals surface area contributed by atoms with Crippen molar-refractivity contribution >= 4 is 33.1 Å². The van der Waals surface area contributed by atoms with Gasteiger partial charge in [-0.3, -0.25) is 10.1 Å². The molecule has 2 aromatic rings. The van der Waals surface area contributed by atoms with E-state index in [1.165, 1.54) is 12.1 Å². The molecular formula is C14H14BrN3O3. The second-order valence-corrected chi connectivity index (χ2v) is 5.39. The van der Waals surface area contributed by atoms with Crippen LogP contribution in [0.1, 0.15) is 13.8 Å². The van der Waals surface area contributed by atoms with Crippen molar-refractivity contribution in [2.75, 3.05) is 5.32 Å². The van der Waals surface area contributed by atoms with Crippen molar-refractivity contribution in [2.24, 2.45) is 0 Å². The van der Waals surface area contributed by atoms with E-state index in [0.29, 0.717) is 10.3 Å². The lowest BCUT2D eigenvalue weighted by molar-refractivity contribution is -0.384. The minimum atomic E-state index is -0.474. The maximum Gasteiger partial charge on any atom is 0.311 e. The van der Waals surface area contributed by atoms with Gasteiger partial charge in [-0.2, -0.15) is 0 Å². The molecule has 0 amide bonds. The topological polar surface area (TPSA) is 77.3 Å². The van der Waals surface area contributed by atoms with E-state index in [4.69, 9.17) is 4.74 Å². The van der Waals surface area contributed by atoms with Gasteiger partial charge < -0.3 is 10.1 Å². The molecule has 7 heteroatoms. The Morgan fingerprint density at radius 3 is 2.48 bits per heavy atom. The molecule has 110 valence electrons. The van der Waals surface area contributed by atoms with Crippen LogP contribution in [-0.2, 0) is 0 Å². The molecule has 0 aliphatic carbocycles. The highest BCUT2D eigenvalue weighted by Crippen LogP contribution is 2.28. The molecule has 0 fully saturated rings. The van der Waals surface area contributed by atoms with Gasteiger partial charge in [0.25, 0.3) is 0 Å². The number of halogens is 1. The summed E-state index contributed by atoms with van der Waals surface area (Å²) >= 11 is 3.20. The first-order valence-corrected chi connectivity index (χ1v) is 7.09.